The van der Waals surface area contributed by atoms with E-state index in [2.05, 4.69) is 71.0 Å². The largest absolute Gasteiger partial charge is 0.186 e. The third-order valence-corrected chi connectivity index (χ3v) is 4.27. The highest BCUT2D eigenvalue weighted by atomic mass is 14.3. The van der Waals surface area contributed by atoms with Gasteiger partial charge in [0.2, 0.25) is 0 Å². The molecule has 93 valence electrons. The standard InChI is InChI=1S/C18H18B/c1-5-15-12(2)19-17-11-14-9-7-6-8-13(14)10-16(17)18(15,3)4/h5-11H,1H2,2-4H3. The van der Waals surface area contributed by atoms with Gasteiger partial charge in [-0.25, -0.2) is 0 Å². The van der Waals surface area contributed by atoms with Gasteiger partial charge in [0, 0.05) is 5.41 Å². The maximum atomic E-state index is 3.99. The molecule has 0 spiro atoms. The number of hydrogen-bond acceptors (Lipinski definition) is 0. The third kappa shape index (κ3) is 1.76. The Morgan fingerprint density at radius 1 is 1.11 bits per heavy atom. The van der Waals surface area contributed by atoms with Crippen LogP contribution in [0.25, 0.3) is 10.8 Å². The van der Waals surface area contributed by atoms with Gasteiger partial charge in [-0.2, -0.15) is 0 Å². The van der Waals surface area contributed by atoms with Crippen molar-refractivity contribution in [3.05, 3.63) is 65.7 Å². The Labute approximate surface area is 116 Å². The highest BCUT2D eigenvalue weighted by Crippen LogP contribution is 2.37. The van der Waals surface area contributed by atoms with Crippen molar-refractivity contribution in [1.29, 1.82) is 0 Å². The van der Waals surface area contributed by atoms with Crippen molar-refractivity contribution < 1.29 is 0 Å². The Hall–Kier alpha value is -1.76. The van der Waals surface area contributed by atoms with E-state index in [0.717, 1.165) is 0 Å². The Kier molecular flexibility index (Phi) is 2.67. The molecule has 1 heteroatoms. The summed E-state index contributed by atoms with van der Waals surface area (Å²) in [5.74, 6) is 0. The van der Waals surface area contributed by atoms with Crippen LogP contribution in [0.3, 0.4) is 0 Å². The average molecular weight is 245 g/mol. The second-order valence-electron chi connectivity index (χ2n) is 5.86. The molecule has 0 nitrogen and oxygen atoms in total. The van der Waals surface area contributed by atoms with Crippen LogP contribution in [-0.4, -0.2) is 7.28 Å². The fourth-order valence-corrected chi connectivity index (χ4v) is 3.28. The average Bonchev–Trinajstić information content (AvgIpc) is 2.37. The first kappa shape index (κ1) is 12.3. The summed E-state index contributed by atoms with van der Waals surface area (Å²) < 4.78 is 0. The fourth-order valence-electron chi connectivity index (χ4n) is 3.28. The lowest BCUT2D eigenvalue weighted by atomic mass is 9.51. The maximum absolute atomic E-state index is 3.99. The van der Waals surface area contributed by atoms with Crippen molar-refractivity contribution in [2.24, 2.45) is 0 Å². The molecule has 0 N–H and O–H groups in total. The molecule has 1 aliphatic heterocycles. The van der Waals surface area contributed by atoms with Gasteiger partial charge in [-0.1, -0.05) is 75.3 Å². The molecule has 0 aliphatic carbocycles. The van der Waals surface area contributed by atoms with Gasteiger partial charge >= 0.3 is 0 Å². The van der Waals surface area contributed by atoms with E-state index >= 15 is 0 Å². The Morgan fingerprint density at radius 3 is 2.37 bits per heavy atom. The Balaban J connectivity index is 2.31. The highest BCUT2D eigenvalue weighted by Gasteiger charge is 2.32. The molecule has 1 aliphatic rings. The van der Waals surface area contributed by atoms with Crippen LogP contribution in [0.2, 0.25) is 0 Å². The molecule has 2 aromatic carbocycles. The smallest absolute Gasteiger partial charge is 0.101 e. The predicted molar refractivity (Wildman–Crippen MR) is 85.3 cm³/mol. The van der Waals surface area contributed by atoms with Crippen molar-refractivity contribution in [2.75, 3.05) is 0 Å². The normalized spacial score (nSPS) is 17.0. The van der Waals surface area contributed by atoms with E-state index in [-0.39, 0.29) is 5.41 Å². The number of benzene rings is 2. The molecule has 0 bridgehead atoms. The minimum Gasteiger partial charge on any atom is -0.101 e. The number of rotatable bonds is 1. The molecule has 19 heavy (non-hydrogen) atoms. The van der Waals surface area contributed by atoms with Gasteiger partial charge in [-0.05, 0) is 21.9 Å². The molecule has 0 amide bonds. The summed E-state index contributed by atoms with van der Waals surface area (Å²) in [6.45, 7) is 10.7. The molecule has 0 saturated heterocycles. The third-order valence-electron chi connectivity index (χ3n) is 4.27. The predicted octanol–water partition coefficient (Wildman–Crippen LogP) is 3.92. The topological polar surface area (TPSA) is 0 Å². The molecule has 1 radical (unpaired) electrons. The van der Waals surface area contributed by atoms with E-state index in [9.17, 15) is 0 Å². The molecule has 1 heterocycles. The van der Waals surface area contributed by atoms with Crippen LogP contribution in [0.1, 0.15) is 26.3 Å². The van der Waals surface area contributed by atoms with Crippen molar-refractivity contribution in [1.82, 2.24) is 0 Å². The van der Waals surface area contributed by atoms with Gasteiger partial charge in [-0.15, -0.1) is 5.47 Å². The van der Waals surface area contributed by atoms with E-state index in [4.69, 9.17) is 0 Å². The number of fused-ring (bicyclic) bond motifs is 2. The minimum absolute atomic E-state index is 0.0277. The van der Waals surface area contributed by atoms with Gasteiger partial charge in [0.05, 0.1) is 0 Å². The number of allylic oxidation sites excluding steroid dienone is 3. The molecule has 2 aromatic rings. The van der Waals surface area contributed by atoms with Crippen LogP contribution in [0, 0.1) is 0 Å². The van der Waals surface area contributed by atoms with Crippen LogP contribution < -0.4 is 5.46 Å². The summed E-state index contributed by atoms with van der Waals surface area (Å²) >= 11 is 0. The Morgan fingerprint density at radius 2 is 1.74 bits per heavy atom. The second kappa shape index (κ2) is 4.13. The summed E-state index contributed by atoms with van der Waals surface area (Å²) in [5, 5.41) is 2.62. The summed E-state index contributed by atoms with van der Waals surface area (Å²) in [5.41, 5.74) is 5.41. The SMILES string of the molecule is C=CC1=C(C)[B]c2cc3ccccc3cc2C1(C)C. The van der Waals surface area contributed by atoms with E-state index in [0.29, 0.717) is 0 Å². The van der Waals surface area contributed by atoms with Gasteiger partial charge < -0.3 is 0 Å². The summed E-state index contributed by atoms with van der Waals surface area (Å²) in [6.07, 6.45) is 2.00. The summed E-state index contributed by atoms with van der Waals surface area (Å²) in [4.78, 5) is 0. The highest BCUT2D eigenvalue weighted by molar-refractivity contribution is 6.62. The molecule has 0 atom stereocenters. The monoisotopic (exact) mass is 245 g/mol. The van der Waals surface area contributed by atoms with E-state index in [1.54, 1.807) is 0 Å². The molecule has 0 aromatic heterocycles. The lowest BCUT2D eigenvalue weighted by Crippen LogP contribution is -2.37. The van der Waals surface area contributed by atoms with Crippen molar-refractivity contribution in [2.45, 2.75) is 26.2 Å². The second-order valence-corrected chi connectivity index (χ2v) is 5.86. The van der Waals surface area contributed by atoms with Gasteiger partial charge in [-0.3, -0.25) is 0 Å². The van der Waals surface area contributed by atoms with Crippen LogP contribution in [-0.2, 0) is 5.41 Å². The zero-order chi connectivity index (χ0) is 13.6. The van der Waals surface area contributed by atoms with E-state index < -0.39 is 0 Å². The molecule has 3 rings (SSSR count). The van der Waals surface area contributed by atoms with Crippen LogP contribution >= 0.6 is 0 Å². The van der Waals surface area contributed by atoms with Crippen LogP contribution in [0.4, 0.5) is 0 Å². The first-order valence-electron chi connectivity index (χ1n) is 6.76. The lowest BCUT2D eigenvalue weighted by Gasteiger charge is -2.35. The van der Waals surface area contributed by atoms with Gasteiger partial charge in [0.25, 0.3) is 0 Å². The molecule has 0 fully saturated rings. The zero-order valence-electron chi connectivity index (χ0n) is 11.8. The zero-order valence-corrected chi connectivity index (χ0v) is 11.8. The van der Waals surface area contributed by atoms with Crippen molar-refractivity contribution >= 4 is 23.5 Å². The van der Waals surface area contributed by atoms with E-state index in [1.165, 1.54) is 32.8 Å². The molecule has 0 saturated carbocycles. The quantitative estimate of drug-likeness (QED) is 0.668. The summed E-state index contributed by atoms with van der Waals surface area (Å²) in [6, 6.07) is 13.2. The molecular weight excluding hydrogens is 227 g/mol. The van der Waals surface area contributed by atoms with Gasteiger partial charge in [0.15, 0.2) is 7.28 Å². The first-order valence-corrected chi connectivity index (χ1v) is 6.76. The van der Waals surface area contributed by atoms with Gasteiger partial charge in [0.1, 0.15) is 0 Å². The van der Waals surface area contributed by atoms with Crippen molar-refractivity contribution in [3.8, 4) is 0 Å². The molecular formula is C18H18B. The lowest BCUT2D eigenvalue weighted by molar-refractivity contribution is 0.638. The van der Waals surface area contributed by atoms with Crippen molar-refractivity contribution in [3.63, 3.8) is 0 Å². The minimum atomic E-state index is 0.0277. The van der Waals surface area contributed by atoms with Crippen LogP contribution in [0.15, 0.2) is 60.1 Å². The summed E-state index contributed by atoms with van der Waals surface area (Å²) in [7, 11) is 2.28. The molecule has 0 unspecified atom stereocenters. The Bertz CT molecular complexity index is 705. The first-order chi connectivity index (χ1) is 9.04. The fraction of sp³-hybridized carbons (Fsp3) is 0.222. The maximum Gasteiger partial charge on any atom is 0.186 e. The number of hydrogen-bond donors (Lipinski definition) is 0. The van der Waals surface area contributed by atoms with E-state index in [1.807, 2.05) is 6.08 Å². The van der Waals surface area contributed by atoms with Crippen LogP contribution in [0.5, 0.6) is 0 Å².